The number of thioether (sulfide) groups is 1. The molecule has 1 fully saturated rings. The molecular formula is C8H8N3O2S. The van der Waals surface area contributed by atoms with Gasteiger partial charge in [0.1, 0.15) is 0 Å². The topological polar surface area (TPSA) is 62.1 Å². The molecule has 1 amide bonds. The van der Waals surface area contributed by atoms with Gasteiger partial charge >= 0.3 is 5.91 Å². The number of aliphatic imine (C=N–C) groups is 2. The first-order chi connectivity index (χ1) is 6.79. The third-order valence-electron chi connectivity index (χ3n) is 2.02. The lowest BCUT2D eigenvalue weighted by molar-refractivity contribution is -0.132. The van der Waals surface area contributed by atoms with Crippen LogP contribution in [-0.2, 0) is 9.59 Å². The zero-order chi connectivity index (χ0) is 9.97. The Bertz CT molecular complexity index is 331. The van der Waals surface area contributed by atoms with Gasteiger partial charge in [-0.2, -0.15) is 16.8 Å². The van der Waals surface area contributed by atoms with Crippen LogP contribution in [0.1, 0.15) is 0 Å². The molecule has 14 heavy (non-hydrogen) atoms. The Morgan fingerprint density at radius 2 is 2.00 bits per heavy atom. The fourth-order valence-electron chi connectivity index (χ4n) is 1.30. The van der Waals surface area contributed by atoms with Gasteiger partial charge in [-0.25, -0.2) is 4.99 Å². The molecule has 0 aromatic rings. The van der Waals surface area contributed by atoms with Crippen molar-refractivity contribution in [2.45, 2.75) is 0 Å². The first-order valence-corrected chi connectivity index (χ1v) is 5.39. The van der Waals surface area contributed by atoms with Crippen molar-refractivity contribution >= 4 is 35.6 Å². The van der Waals surface area contributed by atoms with Crippen molar-refractivity contribution in [3.8, 4) is 0 Å². The van der Waals surface area contributed by atoms with E-state index in [0.717, 1.165) is 24.6 Å². The maximum atomic E-state index is 11.4. The largest absolute Gasteiger partial charge is 0.351 e. The van der Waals surface area contributed by atoms with Gasteiger partial charge in [0.2, 0.25) is 6.34 Å². The Morgan fingerprint density at radius 1 is 1.29 bits per heavy atom. The summed E-state index contributed by atoms with van der Waals surface area (Å²) < 4.78 is 0. The van der Waals surface area contributed by atoms with Crippen molar-refractivity contribution < 1.29 is 9.59 Å². The molecule has 0 aromatic carbocycles. The number of Topliss-reactive ketones (excluding diaryl/α,β-unsaturated/α-hetero) is 1. The zero-order valence-corrected chi connectivity index (χ0v) is 8.21. The number of amides is 1. The zero-order valence-electron chi connectivity index (χ0n) is 7.39. The van der Waals surface area contributed by atoms with Crippen LogP contribution in [0.5, 0.6) is 0 Å². The lowest BCUT2D eigenvalue weighted by Gasteiger charge is -2.28. The number of carbonyl (C=O) groups is 2. The minimum atomic E-state index is -0.770. The normalized spacial score (nSPS) is 22.6. The molecule has 5 nitrogen and oxygen atoms in total. The molecule has 0 atom stereocenters. The van der Waals surface area contributed by atoms with Crippen LogP contribution in [0.25, 0.3) is 0 Å². The summed E-state index contributed by atoms with van der Waals surface area (Å²) >= 11 is 1.83. The van der Waals surface area contributed by atoms with Crippen LogP contribution in [0.2, 0.25) is 0 Å². The monoisotopic (exact) mass is 210 g/mol. The van der Waals surface area contributed by atoms with Crippen LogP contribution in [0.4, 0.5) is 0 Å². The molecule has 0 saturated carbocycles. The third-order valence-corrected chi connectivity index (χ3v) is 2.96. The second-order valence-electron chi connectivity index (χ2n) is 2.88. The molecule has 0 spiro atoms. The third kappa shape index (κ3) is 1.70. The highest BCUT2D eigenvalue weighted by Gasteiger charge is 2.28. The summed E-state index contributed by atoms with van der Waals surface area (Å²) in [6.07, 6.45) is 2.21. The molecule has 2 rings (SSSR count). The predicted octanol–water partition coefficient (Wildman–Crippen LogP) is -0.552. The first kappa shape index (κ1) is 9.39. The molecule has 1 saturated heterocycles. The van der Waals surface area contributed by atoms with Crippen molar-refractivity contribution in [1.82, 2.24) is 4.90 Å². The SMILES string of the molecule is O=C1N=[C]N=C(N2CCSCC2)C1=O. The molecule has 6 heteroatoms. The Morgan fingerprint density at radius 3 is 2.71 bits per heavy atom. The van der Waals surface area contributed by atoms with Crippen molar-refractivity contribution in [3.63, 3.8) is 0 Å². The smallest absolute Gasteiger partial charge is 0.323 e. The van der Waals surface area contributed by atoms with Crippen molar-refractivity contribution in [2.75, 3.05) is 24.6 Å². The number of ketones is 1. The van der Waals surface area contributed by atoms with E-state index in [9.17, 15) is 9.59 Å². The molecule has 0 unspecified atom stereocenters. The number of carbonyl (C=O) groups excluding carboxylic acids is 2. The van der Waals surface area contributed by atoms with Crippen LogP contribution < -0.4 is 0 Å². The van der Waals surface area contributed by atoms with Crippen LogP contribution in [0.3, 0.4) is 0 Å². The van der Waals surface area contributed by atoms with E-state index in [2.05, 4.69) is 16.3 Å². The van der Waals surface area contributed by atoms with E-state index >= 15 is 0 Å². The Labute approximate surface area is 85.3 Å². The highest BCUT2D eigenvalue weighted by atomic mass is 32.2. The lowest BCUT2D eigenvalue weighted by atomic mass is 10.3. The molecule has 2 aliphatic rings. The van der Waals surface area contributed by atoms with Gasteiger partial charge in [0.15, 0.2) is 5.84 Å². The van der Waals surface area contributed by atoms with Gasteiger partial charge in [0, 0.05) is 24.6 Å². The molecule has 73 valence electrons. The molecule has 0 bridgehead atoms. The minimum absolute atomic E-state index is 0.199. The van der Waals surface area contributed by atoms with E-state index in [4.69, 9.17) is 0 Å². The lowest BCUT2D eigenvalue weighted by Crippen LogP contribution is -2.45. The van der Waals surface area contributed by atoms with Crippen LogP contribution in [0.15, 0.2) is 9.98 Å². The van der Waals surface area contributed by atoms with E-state index < -0.39 is 11.7 Å². The van der Waals surface area contributed by atoms with E-state index in [1.165, 1.54) is 0 Å². The van der Waals surface area contributed by atoms with Gasteiger partial charge < -0.3 is 4.90 Å². The van der Waals surface area contributed by atoms with Gasteiger partial charge in [-0.15, -0.1) is 0 Å². The Balaban J connectivity index is 2.16. The molecule has 2 aliphatic heterocycles. The summed E-state index contributed by atoms with van der Waals surface area (Å²) in [5.41, 5.74) is 0. The van der Waals surface area contributed by atoms with Gasteiger partial charge in [0.05, 0.1) is 0 Å². The Hall–Kier alpha value is -1.17. The van der Waals surface area contributed by atoms with E-state index in [1.807, 2.05) is 16.7 Å². The minimum Gasteiger partial charge on any atom is -0.351 e. The summed E-state index contributed by atoms with van der Waals surface area (Å²) in [6, 6.07) is 0. The fraction of sp³-hybridized carbons (Fsp3) is 0.500. The van der Waals surface area contributed by atoms with Gasteiger partial charge in [-0.05, 0) is 0 Å². The number of amidine groups is 1. The van der Waals surface area contributed by atoms with Crippen LogP contribution in [0, 0.1) is 0 Å². The van der Waals surface area contributed by atoms with Gasteiger partial charge in [-0.1, -0.05) is 0 Å². The summed E-state index contributed by atoms with van der Waals surface area (Å²) in [5, 5.41) is 0. The van der Waals surface area contributed by atoms with E-state index in [0.29, 0.717) is 0 Å². The highest BCUT2D eigenvalue weighted by molar-refractivity contribution is 7.99. The number of rotatable bonds is 0. The van der Waals surface area contributed by atoms with E-state index in [-0.39, 0.29) is 5.84 Å². The molecule has 0 aliphatic carbocycles. The molecule has 1 radical (unpaired) electrons. The Kier molecular flexibility index (Phi) is 2.62. The summed E-state index contributed by atoms with van der Waals surface area (Å²) in [4.78, 5) is 31.1. The van der Waals surface area contributed by atoms with E-state index in [1.54, 1.807) is 0 Å². The van der Waals surface area contributed by atoms with Crippen LogP contribution in [-0.4, -0.2) is 53.4 Å². The summed E-state index contributed by atoms with van der Waals surface area (Å²) in [7, 11) is 0. The highest BCUT2D eigenvalue weighted by Crippen LogP contribution is 2.11. The van der Waals surface area contributed by atoms with Crippen molar-refractivity contribution in [2.24, 2.45) is 9.98 Å². The molecule has 0 N–H and O–H groups in total. The van der Waals surface area contributed by atoms with Gasteiger partial charge in [-0.3, -0.25) is 9.59 Å². The fourth-order valence-corrected chi connectivity index (χ4v) is 2.21. The molecule has 0 aromatic heterocycles. The average Bonchev–Trinajstić information content (AvgIpc) is 2.23. The van der Waals surface area contributed by atoms with Gasteiger partial charge in [0.25, 0.3) is 5.78 Å². The van der Waals surface area contributed by atoms with Crippen molar-refractivity contribution in [1.29, 1.82) is 0 Å². The predicted molar refractivity (Wildman–Crippen MR) is 53.8 cm³/mol. The summed E-state index contributed by atoms with van der Waals surface area (Å²) in [5.74, 6) is 0.726. The number of hydrogen-bond acceptors (Lipinski definition) is 5. The quantitative estimate of drug-likeness (QED) is 0.503. The van der Waals surface area contributed by atoms with Crippen molar-refractivity contribution in [3.05, 3.63) is 0 Å². The maximum Gasteiger partial charge on any atom is 0.323 e. The number of nitrogens with zero attached hydrogens (tertiary/aromatic N) is 3. The standard InChI is InChI=1S/C8H8N3O2S/c12-6-7(9-5-10-8(6)13)11-1-3-14-4-2-11/h1-4H2. The molecular weight excluding hydrogens is 202 g/mol. The molecule has 2 heterocycles. The second-order valence-corrected chi connectivity index (χ2v) is 4.11. The van der Waals surface area contributed by atoms with Crippen LogP contribution >= 0.6 is 11.8 Å². The second kappa shape index (κ2) is 3.91. The first-order valence-electron chi connectivity index (χ1n) is 4.24. The maximum absolute atomic E-state index is 11.4. The summed E-state index contributed by atoms with van der Waals surface area (Å²) in [6.45, 7) is 1.51. The number of hydrogen-bond donors (Lipinski definition) is 0. The average molecular weight is 210 g/mol.